The summed E-state index contributed by atoms with van der Waals surface area (Å²) in [5.41, 5.74) is 5.07. The van der Waals surface area contributed by atoms with Gasteiger partial charge in [0.15, 0.2) is 0 Å². The summed E-state index contributed by atoms with van der Waals surface area (Å²) in [6.07, 6.45) is 6.04. The second-order valence-electron chi connectivity index (χ2n) is 8.25. The molecule has 3 unspecified atom stereocenters. The van der Waals surface area contributed by atoms with Crippen molar-refractivity contribution >= 4 is 17.0 Å². The molecule has 2 fully saturated rings. The zero-order chi connectivity index (χ0) is 19.2. The molecule has 6 rings (SSSR count). The van der Waals surface area contributed by atoms with Gasteiger partial charge in [0.1, 0.15) is 6.17 Å². The van der Waals surface area contributed by atoms with Crippen molar-refractivity contribution in [2.24, 2.45) is 0 Å². The smallest absolute Gasteiger partial charge is 0.109 e. The second-order valence-corrected chi connectivity index (χ2v) is 8.25. The lowest BCUT2D eigenvalue weighted by Crippen LogP contribution is -2.47. The number of benzene rings is 2. The van der Waals surface area contributed by atoms with Gasteiger partial charge in [0.05, 0.1) is 18.7 Å². The lowest BCUT2D eigenvalue weighted by Gasteiger charge is -2.44. The van der Waals surface area contributed by atoms with E-state index in [1.165, 1.54) is 28.6 Å². The third-order valence-corrected chi connectivity index (χ3v) is 6.51. The van der Waals surface area contributed by atoms with Crippen LogP contribution in [-0.4, -0.2) is 47.1 Å². The summed E-state index contributed by atoms with van der Waals surface area (Å²) in [4.78, 5) is 10.1. The van der Waals surface area contributed by atoms with E-state index in [1.54, 1.807) is 0 Å². The number of para-hydroxylation sites is 1. The first-order valence-electron chi connectivity index (χ1n) is 10.6. The van der Waals surface area contributed by atoms with E-state index >= 15 is 0 Å². The van der Waals surface area contributed by atoms with Crippen LogP contribution in [0.3, 0.4) is 0 Å². The van der Waals surface area contributed by atoms with Gasteiger partial charge in [0.2, 0.25) is 0 Å². The highest BCUT2D eigenvalue weighted by molar-refractivity contribution is 5.78. The molecule has 3 aliphatic rings. The first-order chi connectivity index (χ1) is 14.4. The van der Waals surface area contributed by atoms with Crippen molar-refractivity contribution in [1.29, 1.82) is 0 Å². The minimum atomic E-state index is 0.288. The van der Waals surface area contributed by atoms with E-state index in [4.69, 9.17) is 9.72 Å². The average molecular weight is 383 g/mol. The van der Waals surface area contributed by atoms with E-state index in [-0.39, 0.29) is 6.17 Å². The van der Waals surface area contributed by atoms with Crippen molar-refractivity contribution < 1.29 is 4.74 Å². The Bertz CT molecular complexity index is 1070. The molecule has 1 saturated carbocycles. The summed E-state index contributed by atoms with van der Waals surface area (Å²) >= 11 is 0. The normalized spacial score (nSPS) is 26.5. The quantitative estimate of drug-likeness (QED) is 0.670. The van der Waals surface area contributed by atoms with Gasteiger partial charge >= 0.3 is 0 Å². The Hall–Kier alpha value is -2.69. The Morgan fingerprint density at radius 1 is 0.897 bits per heavy atom. The average Bonchev–Trinajstić information content (AvgIpc) is 3.59. The van der Waals surface area contributed by atoms with Gasteiger partial charge in [-0.1, -0.05) is 48.5 Å². The molecular weight excluding hydrogens is 358 g/mol. The molecule has 0 spiro atoms. The maximum atomic E-state index is 5.63. The zero-order valence-electron chi connectivity index (χ0n) is 16.4. The number of rotatable bonds is 3. The van der Waals surface area contributed by atoms with Crippen LogP contribution in [0.15, 0.2) is 66.9 Å². The highest BCUT2D eigenvalue weighted by Gasteiger charge is 2.47. The van der Waals surface area contributed by atoms with Gasteiger partial charge in [0, 0.05) is 42.3 Å². The van der Waals surface area contributed by atoms with Crippen molar-refractivity contribution in [2.45, 2.75) is 24.5 Å². The second kappa shape index (κ2) is 6.97. The summed E-state index contributed by atoms with van der Waals surface area (Å²) in [5, 5.41) is 1.21. The fraction of sp³-hybridized carbons (Fsp3) is 0.320. The van der Waals surface area contributed by atoms with Gasteiger partial charge in [0.25, 0.3) is 0 Å². The van der Waals surface area contributed by atoms with Crippen molar-refractivity contribution in [3.63, 3.8) is 0 Å². The molecule has 2 aromatic carbocycles. The number of morpholine rings is 1. The fourth-order valence-corrected chi connectivity index (χ4v) is 4.92. The molecular formula is C25H25N3O. The standard InChI is InChI=1S/C25H25N3O/c1-3-7-20-18(5-1)11-12-28(25(20)27-13-15-29-16-14-27)24-17-21(24)23-10-9-19-6-2-4-8-22(19)26-23/h1-12,21,24-25H,13-17H2. The molecule has 3 heterocycles. The first kappa shape index (κ1) is 17.2. The number of ether oxygens (including phenoxy) is 1. The van der Waals surface area contributed by atoms with Crippen LogP contribution in [0, 0.1) is 0 Å². The number of hydrogen-bond donors (Lipinski definition) is 0. The van der Waals surface area contributed by atoms with Gasteiger partial charge in [-0.15, -0.1) is 0 Å². The van der Waals surface area contributed by atoms with Crippen LogP contribution >= 0.6 is 0 Å². The molecule has 0 N–H and O–H groups in total. The van der Waals surface area contributed by atoms with Crippen LogP contribution < -0.4 is 0 Å². The van der Waals surface area contributed by atoms with E-state index in [9.17, 15) is 0 Å². The van der Waals surface area contributed by atoms with Crippen molar-refractivity contribution in [2.75, 3.05) is 26.3 Å². The van der Waals surface area contributed by atoms with Crippen LogP contribution in [-0.2, 0) is 4.74 Å². The van der Waals surface area contributed by atoms with Crippen LogP contribution in [0.1, 0.15) is 35.3 Å². The van der Waals surface area contributed by atoms with E-state index in [2.05, 4.69) is 82.7 Å². The van der Waals surface area contributed by atoms with Gasteiger partial charge in [-0.25, -0.2) is 0 Å². The highest BCUT2D eigenvalue weighted by Crippen LogP contribution is 2.49. The maximum Gasteiger partial charge on any atom is 0.109 e. The Balaban J connectivity index is 1.32. The summed E-state index contributed by atoms with van der Waals surface area (Å²) < 4.78 is 5.63. The predicted octanol–water partition coefficient (Wildman–Crippen LogP) is 4.41. The maximum absolute atomic E-state index is 5.63. The molecule has 0 bridgehead atoms. The number of aromatic nitrogens is 1. The molecule has 3 atom stereocenters. The van der Waals surface area contributed by atoms with Crippen molar-refractivity contribution in [3.8, 4) is 0 Å². The topological polar surface area (TPSA) is 28.6 Å². The third kappa shape index (κ3) is 3.04. The zero-order valence-corrected chi connectivity index (χ0v) is 16.4. The molecule has 4 nitrogen and oxygen atoms in total. The summed E-state index contributed by atoms with van der Waals surface area (Å²) in [6.45, 7) is 3.59. The molecule has 0 radical (unpaired) electrons. The van der Waals surface area contributed by atoms with Gasteiger partial charge < -0.3 is 9.64 Å². The van der Waals surface area contributed by atoms with E-state index in [1.807, 2.05) is 0 Å². The van der Waals surface area contributed by atoms with Crippen LogP contribution in [0.25, 0.3) is 17.0 Å². The Morgan fingerprint density at radius 3 is 2.66 bits per heavy atom. The van der Waals surface area contributed by atoms with E-state index in [0.717, 1.165) is 31.8 Å². The third-order valence-electron chi connectivity index (χ3n) is 6.51. The largest absolute Gasteiger partial charge is 0.379 e. The van der Waals surface area contributed by atoms with Crippen LogP contribution in [0.2, 0.25) is 0 Å². The molecule has 146 valence electrons. The summed E-state index contributed by atoms with van der Waals surface area (Å²) in [7, 11) is 0. The van der Waals surface area contributed by atoms with Gasteiger partial charge in [-0.2, -0.15) is 0 Å². The number of pyridine rings is 1. The Morgan fingerprint density at radius 2 is 1.72 bits per heavy atom. The fourth-order valence-electron chi connectivity index (χ4n) is 4.92. The monoisotopic (exact) mass is 383 g/mol. The van der Waals surface area contributed by atoms with Crippen molar-refractivity contribution in [1.82, 2.24) is 14.8 Å². The minimum absolute atomic E-state index is 0.288. The molecule has 1 aromatic heterocycles. The van der Waals surface area contributed by atoms with E-state index in [0.29, 0.717) is 12.0 Å². The number of nitrogens with zero attached hydrogens (tertiary/aromatic N) is 3. The highest BCUT2D eigenvalue weighted by atomic mass is 16.5. The molecule has 1 saturated heterocycles. The summed E-state index contributed by atoms with van der Waals surface area (Å²) in [5.74, 6) is 0.498. The molecule has 0 amide bonds. The molecule has 29 heavy (non-hydrogen) atoms. The van der Waals surface area contributed by atoms with Gasteiger partial charge in [-0.05, 0) is 35.8 Å². The summed E-state index contributed by atoms with van der Waals surface area (Å²) in [6, 6.07) is 22.2. The van der Waals surface area contributed by atoms with Crippen LogP contribution in [0.5, 0.6) is 0 Å². The Kier molecular flexibility index (Phi) is 4.13. The number of hydrogen-bond acceptors (Lipinski definition) is 4. The minimum Gasteiger partial charge on any atom is -0.379 e. The van der Waals surface area contributed by atoms with Gasteiger partial charge in [-0.3, -0.25) is 9.88 Å². The van der Waals surface area contributed by atoms with Crippen molar-refractivity contribution in [3.05, 3.63) is 83.7 Å². The lowest BCUT2D eigenvalue weighted by atomic mass is 9.99. The first-order valence-corrected chi connectivity index (χ1v) is 10.6. The molecule has 3 aromatic rings. The van der Waals surface area contributed by atoms with E-state index < -0.39 is 0 Å². The SMILES string of the molecule is C1=CN(C2CC2c2ccc3ccccc3n2)C(N2CCOCC2)c2ccccc21. The lowest BCUT2D eigenvalue weighted by molar-refractivity contribution is -0.0246. The predicted molar refractivity (Wildman–Crippen MR) is 115 cm³/mol. The molecule has 4 heteroatoms. The Labute approximate surface area is 171 Å². The molecule has 1 aliphatic carbocycles. The number of fused-ring (bicyclic) bond motifs is 2. The van der Waals surface area contributed by atoms with Crippen LogP contribution in [0.4, 0.5) is 0 Å². The molecule has 2 aliphatic heterocycles.